The van der Waals surface area contributed by atoms with E-state index in [1.54, 1.807) is 0 Å². The molecule has 18 heavy (non-hydrogen) atoms. The van der Waals surface area contributed by atoms with Crippen LogP contribution in [0.5, 0.6) is 0 Å². The van der Waals surface area contributed by atoms with Crippen LogP contribution in [0.1, 0.15) is 27.2 Å². The highest BCUT2D eigenvalue weighted by Crippen LogP contribution is 2.42. The average Bonchev–Trinajstić information content (AvgIpc) is 2.57. The average molecular weight is 275 g/mol. The van der Waals surface area contributed by atoms with Crippen molar-refractivity contribution >= 4 is 15.8 Å². The molecular formula is C12H21NO4S. The molecule has 0 amide bonds. The zero-order valence-electron chi connectivity index (χ0n) is 11.2. The van der Waals surface area contributed by atoms with Gasteiger partial charge in [-0.1, -0.05) is 0 Å². The second-order valence-electron chi connectivity index (χ2n) is 6.35. The van der Waals surface area contributed by atoms with Crippen LogP contribution < -0.4 is 5.32 Å². The Labute approximate surface area is 108 Å². The number of carbonyl (C=O) groups is 1. The number of fused-ring (bicyclic) bond motifs is 1. The molecule has 0 spiro atoms. The van der Waals surface area contributed by atoms with Gasteiger partial charge in [0.05, 0.1) is 16.9 Å². The third kappa shape index (κ3) is 2.54. The fraction of sp³-hybridized carbons (Fsp3) is 0.917. The summed E-state index contributed by atoms with van der Waals surface area (Å²) in [4.78, 5) is 12.4. The molecule has 1 N–H and O–H groups in total. The van der Waals surface area contributed by atoms with E-state index >= 15 is 0 Å². The van der Waals surface area contributed by atoms with Crippen LogP contribution in [0.2, 0.25) is 0 Å². The van der Waals surface area contributed by atoms with Crippen molar-refractivity contribution in [1.82, 2.24) is 5.32 Å². The standard InChI is InChI=1S/C12H21NO4S/c1-11(2,3)17-10(14)12-4-5-18(15,16)7-9(12)6-13-8-12/h9,13H,4-8H2,1-3H3. The Morgan fingerprint density at radius 2 is 2.06 bits per heavy atom. The van der Waals surface area contributed by atoms with Crippen LogP contribution in [0.15, 0.2) is 0 Å². The van der Waals surface area contributed by atoms with Crippen LogP contribution in [0.3, 0.4) is 0 Å². The molecule has 104 valence electrons. The van der Waals surface area contributed by atoms with Crippen molar-refractivity contribution in [3.63, 3.8) is 0 Å². The Balaban J connectivity index is 2.22. The molecule has 0 aromatic heterocycles. The van der Waals surface area contributed by atoms with Crippen LogP contribution in [0.4, 0.5) is 0 Å². The smallest absolute Gasteiger partial charge is 0.314 e. The summed E-state index contributed by atoms with van der Waals surface area (Å²) in [6.07, 6.45) is 0.377. The molecule has 6 heteroatoms. The third-order valence-corrected chi connectivity index (χ3v) is 5.47. The van der Waals surface area contributed by atoms with Crippen molar-refractivity contribution in [1.29, 1.82) is 0 Å². The zero-order valence-corrected chi connectivity index (χ0v) is 12.0. The van der Waals surface area contributed by atoms with Gasteiger partial charge in [0.1, 0.15) is 5.60 Å². The van der Waals surface area contributed by atoms with Crippen molar-refractivity contribution in [3.05, 3.63) is 0 Å². The molecule has 2 rings (SSSR count). The van der Waals surface area contributed by atoms with Gasteiger partial charge in [0, 0.05) is 19.0 Å². The first-order valence-corrected chi connectivity index (χ1v) is 8.11. The molecule has 0 bridgehead atoms. The Hall–Kier alpha value is -0.620. The summed E-state index contributed by atoms with van der Waals surface area (Å²) in [7, 11) is -3.00. The SMILES string of the molecule is CC(C)(C)OC(=O)C12CCS(=O)(=O)CC1CNC2. The van der Waals surface area contributed by atoms with Crippen LogP contribution in [-0.4, -0.2) is 44.6 Å². The normalized spacial score (nSPS) is 34.9. The summed E-state index contributed by atoms with van der Waals surface area (Å²) in [5.41, 5.74) is -1.17. The highest BCUT2D eigenvalue weighted by molar-refractivity contribution is 7.91. The lowest BCUT2D eigenvalue weighted by Gasteiger charge is -2.37. The van der Waals surface area contributed by atoms with Gasteiger partial charge in [-0.2, -0.15) is 0 Å². The van der Waals surface area contributed by atoms with Gasteiger partial charge in [-0.25, -0.2) is 8.42 Å². The molecule has 2 fully saturated rings. The van der Waals surface area contributed by atoms with Gasteiger partial charge in [-0.15, -0.1) is 0 Å². The first-order valence-electron chi connectivity index (χ1n) is 6.29. The third-order valence-electron chi connectivity index (χ3n) is 3.73. The molecule has 2 unspecified atom stereocenters. The van der Waals surface area contributed by atoms with E-state index in [1.807, 2.05) is 20.8 Å². The maximum atomic E-state index is 12.4. The van der Waals surface area contributed by atoms with E-state index in [-0.39, 0.29) is 23.4 Å². The molecule has 2 aliphatic heterocycles. The number of ether oxygens (including phenoxy) is 1. The van der Waals surface area contributed by atoms with Gasteiger partial charge in [-0.05, 0) is 27.2 Å². The molecule has 5 nitrogen and oxygen atoms in total. The van der Waals surface area contributed by atoms with E-state index in [0.717, 1.165) is 0 Å². The second-order valence-corrected chi connectivity index (χ2v) is 8.58. The number of hydrogen-bond acceptors (Lipinski definition) is 5. The molecule has 0 radical (unpaired) electrons. The number of esters is 1. The first kappa shape index (κ1) is 13.8. The fourth-order valence-corrected chi connectivity index (χ4v) is 4.66. The van der Waals surface area contributed by atoms with Crippen LogP contribution in [-0.2, 0) is 19.4 Å². The van der Waals surface area contributed by atoms with E-state index in [9.17, 15) is 13.2 Å². The minimum Gasteiger partial charge on any atom is -0.459 e. The minimum absolute atomic E-state index is 0.0877. The Kier molecular flexibility index (Phi) is 3.22. The number of hydrogen-bond donors (Lipinski definition) is 1. The van der Waals surface area contributed by atoms with E-state index in [4.69, 9.17) is 4.74 Å². The van der Waals surface area contributed by atoms with E-state index in [2.05, 4.69) is 5.32 Å². The van der Waals surface area contributed by atoms with Crippen molar-refractivity contribution in [2.45, 2.75) is 32.8 Å². The molecule has 0 aromatic carbocycles. The molecule has 0 aromatic rings. The highest BCUT2D eigenvalue weighted by atomic mass is 32.2. The van der Waals surface area contributed by atoms with E-state index in [0.29, 0.717) is 19.5 Å². The monoisotopic (exact) mass is 275 g/mol. The Morgan fingerprint density at radius 1 is 1.39 bits per heavy atom. The predicted molar refractivity (Wildman–Crippen MR) is 67.9 cm³/mol. The quantitative estimate of drug-likeness (QED) is 0.699. The number of sulfone groups is 1. The zero-order chi connectivity index (χ0) is 13.6. The molecule has 2 heterocycles. The van der Waals surface area contributed by atoms with Gasteiger partial charge < -0.3 is 10.1 Å². The maximum Gasteiger partial charge on any atom is 0.314 e. The largest absolute Gasteiger partial charge is 0.459 e. The van der Waals surface area contributed by atoms with Crippen LogP contribution in [0.25, 0.3) is 0 Å². The lowest BCUT2D eigenvalue weighted by atomic mass is 9.76. The number of nitrogens with one attached hydrogen (secondary N) is 1. The van der Waals surface area contributed by atoms with Gasteiger partial charge >= 0.3 is 5.97 Å². The lowest BCUT2D eigenvalue weighted by Crippen LogP contribution is -2.49. The summed E-state index contributed by atoms with van der Waals surface area (Å²) in [5.74, 6) is -0.213. The number of carbonyl (C=O) groups excluding carboxylic acids is 1. The van der Waals surface area contributed by atoms with Gasteiger partial charge in [-0.3, -0.25) is 4.79 Å². The van der Waals surface area contributed by atoms with Crippen molar-refractivity contribution in [3.8, 4) is 0 Å². The molecule has 0 saturated carbocycles. The molecular weight excluding hydrogens is 254 g/mol. The predicted octanol–water partition coefficient (Wildman–Crippen LogP) is 0.352. The summed E-state index contributed by atoms with van der Waals surface area (Å²) in [6.45, 7) is 6.61. The van der Waals surface area contributed by atoms with Crippen molar-refractivity contribution in [2.24, 2.45) is 11.3 Å². The lowest BCUT2D eigenvalue weighted by molar-refractivity contribution is -0.169. The minimum atomic E-state index is -3.00. The second kappa shape index (κ2) is 4.20. The van der Waals surface area contributed by atoms with Crippen molar-refractivity contribution in [2.75, 3.05) is 24.6 Å². The van der Waals surface area contributed by atoms with Crippen LogP contribution >= 0.6 is 0 Å². The first-order chi connectivity index (χ1) is 8.15. The molecule has 2 aliphatic rings. The van der Waals surface area contributed by atoms with Crippen molar-refractivity contribution < 1.29 is 17.9 Å². The molecule has 2 atom stereocenters. The summed E-state index contributed by atoms with van der Waals surface area (Å²) in [6, 6.07) is 0. The Bertz CT molecular complexity index is 451. The number of rotatable bonds is 1. The molecule has 0 aliphatic carbocycles. The Morgan fingerprint density at radius 3 is 2.67 bits per heavy atom. The fourth-order valence-electron chi connectivity index (χ4n) is 2.77. The van der Waals surface area contributed by atoms with Gasteiger partial charge in [0.2, 0.25) is 0 Å². The summed E-state index contributed by atoms with van der Waals surface area (Å²) < 4.78 is 28.8. The van der Waals surface area contributed by atoms with E-state index in [1.165, 1.54) is 0 Å². The van der Waals surface area contributed by atoms with Crippen LogP contribution in [0, 0.1) is 11.3 Å². The summed E-state index contributed by atoms with van der Waals surface area (Å²) in [5, 5.41) is 3.14. The van der Waals surface area contributed by atoms with Gasteiger partial charge in [0.15, 0.2) is 9.84 Å². The van der Waals surface area contributed by atoms with Gasteiger partial charge in [0.25, 0.3) is 0 Å². The van der Waals surface area contributed by atoms with E-state index < -0.39 is 20.9 Å². The summed E-state index contributed by atoms with van der Waals surface area (Å²) >= 11 is 0. The highest BCUT2D eigenvalue weighted by Gasteiger charge is 2.55. The molecule has 2 saturated heterocycles. The topological polar surface area (TPSA) is 72.5 Å². The maximum absolute atomic E-state index is 12.4.